The molecule has 1 unspecified atom stereocenters. The fourth-order valence-corrected chi connectivity index (χ4v) is 4.37. The van der Waals surface area contributed by atoms with E-state index in [2.05, 4.69) is 13.0 Å². The number of allylic oxidation sites excluding steroid dienone is 2. The first-order valence-electron chi connectivity index (χ1n) is 11.8. The monoisotopic (exact) mass is 502 g/mol. The molecule has 0 amide bonds. The summed E-state index contributed by atoms with van der Waals surface area (Å²) in [6.07, 6.45) is 2.02. The molecule has 1 nitrogen and oxygen atoms in total. The van der Waals surface area contributed by atoms with Gasteiger partial charge in [0.2, 0.25) is 0 Å². The maximum Gasteiger partial charge on any atom is 0.458 e. The van der Waals surface area contributed by atoms with E-state index >= 15 is 0 Å². The van der Waals surface area contributed by atoms with Crippen molar-refractivity contribution in [3.8, 4) is 23.0 Å². The molecule has 3 aromatic rings. The average Bonchev–Trinajstić information content (AvgIpc) is 2.83. The average molecular weight is 502 g/mol. The molecule has 0 aromatic heterocycles. The van der Waals surface area contributed by atoms with Crippen molar-refractivity contribution in [2.24, 2.45) is 0 Å². The van der Waals surface area contributed by atoms with Gasteiger partial charge in [0.15, 0.2) is 5.82 Å². The minimum atomic E-state index is -4.93. The Hall–Kier alpha value is -3.40. The van der Waals surface area contributed by atoms with Crippen LogP contribution in [0.25, 0.3) is 21.9 Å². The molecule has 0 saturated heterocycles. The van der Waals surface area contributed by atoms with Gasteiger partial charge in [-0.2, -0.15) is 13.2 Å². The summed E-state index contributed by atoms with van der Waals surface area (Å²) in [5.41, 5.74) is 1.07. The third-order valence-electron chi connectivity index (χ3n) is 6.28. The van der Waals surface area contributed by atoms with E-state index in [1.54, 1.807) is 0 Å². The minimum absolute atomic E-state index is 0.102. The van der Waals surface area contributed by atoms with Gasteiger partial charge in [-0.25, -0.2) is 13.2 Å². The summed E-state index contributed by atoms with van der Waals surface area (Å²) in [5, 5.41) is -0.705. The van der Waals surface area contributed by atoms with Gasteiger partial charge >= 0.3 is 6.18 Å². The molecule has 36 heavy (non-hydrogen) atoms. The van der Waals surface area contributed by atoms with Gasteiger partial charge in [0.05, 0.1) is 23.3 Å². The van der Waals surface area contributed by atoms with Gasteiger partial charge in [0, 0.05) is 12.3 Å². The lowest BCUT2D eigenvalue weighted by atomic mass is 9.86. The molecule has 3 aromatic carbocycles. The van der Waals surface area contributed by atoms with Crippen molar-refractivity contribution >= 4 is 10.8 Å². The van der Waals surface area contributed by atoms with Gasteiger partial charge < -0.3 is 4.74 Å². The number of halogens is 6. The van der Waals surface area contributed by atoms with Crippen LogP contribution in [0.4, 0.5) is 26.3 Å². The van der Waals surface area contributed by atoms with E-state index in [1.807, 2.05) is 24.3 Å². The molecule has 1 aliphatic rings. The highest BCUT2D eigenvalue weighted by molar-refractivity contribution is 5.89. The van der Waals surface area contributed by atoms with Gasteiger partial charge in [0.25, 0.3) is 0 Å². The Morgan fingerprint density at radius 2 is 1.72 bits per heavy atom. The van der Waals surface area contributed by atoms with E-state index in [0.717, 1.165) is 68.1 Å². The zero-order valence-corrected chi connectivity index (χ0v) is 19.6. The first-order valence-corrected chi connectivity index (χ1v) is 11.8. The Kier molecular flexibility index (Phi) is 7.63. The van der Waals surface area contributed by atoms with Crippen LogP contribution in [0.1, 0.15) is 56.1 Å². The number of hydrogen-bond donors (Lipinski definition) is 0. The van der Waals surface area contributed by atoms with Crippen LogP contribution in [-0.4, -0.2) is 12.8 Å². The Balaban J connectivity index is 1.57. The molecule has 0 spiro atoms. The van der Waals surface area contributed by atoms with E-state index < -0.39 is 34.6 Å². The topological polar surface area (TPSA) is 9.23 Å². The number of unbranched alkanes of at least 4 members (excludes halogenated alkanes) is 1. The van der Waals surface area contributed by atoms with Crippen LogP contribution in [0.5, 0.6) is 0 Å². The normalized spacial score (nSPS) is 15.9. The quantitative estimate of drug-likeness (QED) is 0.186. The SMILES string of the molecule is CCCCOC1=CCC(c2ccc(-c3cc(F)c4c(F)c(C#CC(F)(F)F)c(F)cc4c3)cc2)CC1. The molecule has 0 saturated carbocycles. The number of alkyl halides is 3. The molecular formula is C29H24F6O. The van der Waals surface area contributed by atoms with E-state index in [9.17, 15) is 26.3 Å². The smallest absolute Gasteiger partial charge is 0.458 e. The van der Waals surface area contributed by atoms with Crippen molar-refractivity contribution in [1.29, 1.82) is 0 Å². The van der Waals surface area contributed by atoms with Crippen molar-refractivity contribution in [3.63, 3.8) is 0 Å². The van der Waals surface area contributed by atoms with Crippen LogP contribution < -0.4 is 0 Å². The Labute approximate surface area is 205 Å². The second-order valence-electron chi connectivity index (χ2n) is 8.82. The van der Waals surface area contributed by atoms with Crippen LogP contribution in [-0.2, 0) is 4.74 Å². The molecule has 0 fully saturated rings. The van der Waals surface area contributed by atoms with Crippen LogP contribution >= 0.6 is 0 Å². The fraction of sp³-hybridized carbons (Fsp3) is 0.310. The van der Waals surface area contributed by atoms with Crippen LogP contribution in [0.3, 0.4) is 0 Å². The summed E-state index contributed by atoms with van der Waals surface area (Å²) >= 11 is 0. The van der Waals surface area contributed by atoms with Gasteiger partial charge in [0.1, 0.15) is 11.6 Å². The molecule has 0 N–H and O–H groups in total. The summed E-state index contributed by atoms with van der Waals surface area (Å²) in [5.74, 6) is -0.111. The number of fused-ring (bicyclic) bond motifs is 1. The summed E-state index contributed by atoms with van der Waals surface area (Å²) < 4.78 is 86.8. The predicted molar refractivity (Wildman–Crippen MR) is 128 cm³/mol. The van der Waals surface area contributed by atoms with Crippen molar-refractivity contribution in [2.75, 3.05) is 6.61 Å². The summed E-state index contributed by atoms with van der Waals surface area (Å²) in [7, 11) is 0. The van der Waals surface area contributed by atoms with E-state index in [-0.39, 0.29) is 5.39 Å². The molecular weight excluding hydrogens is 478 g/mol. The maximum atomic E-state index is 14.8. The Morgan fingerprint density at radius 1 is 0.972 bits per heavy atom. The Bertz CT molecular complexity index is 1340. The molecule has 1 atom stereocenters. The molecule has 0 heterocycles. The molecule has 0 bridgehead atoms. The number of ether oxygens (including phenoxy) is 1. The van der Waals surface area contributed by atoms with Crippen molar-refractivity contribution in [1.82, 2.24) is 0 Å². The van der Waals surface area contributed by atoms with Gasteiger partial charge in [-0.3, -0.25) is 0 Å². The highest BCUT2D eigenvalue weighted by Gasteiger charge is 2.24. The standard InChI is InChI=1S/C29H24F6O/c1-2-3-14-36-23-10-8-19(9-11-23)18-4-6-20(7-5-18)21-15-22-17-25(30)24(12-13-29(33,34)35)28(32)27(22)26(31)16-21/h4-7,10,15-17,19H,2-3,8-9,11,14H2,1H3. The predicted octanol–water partition coefficient (Wildman–Crippen LogP) is 8.81. The fourth-order valence-electron chi connectivity index (χ4n) is 4.37. The lowest BCUT2D eigenvalue weighted by molar-refractivity contribution is -0.0696. The van der Waals surface area contributed by atoms with E-state index in [0.29, 0.717) is 17.0 Å². The highest BCUT2D eigenvalue weighted by Crippen LogP contribution is 2.35. The maximum absolute atomic E-state index is 14.8. The molecule has 1 aliphatic carbocycles. The third kappa shape index (κ3) is 5.87. The highest BCUT2D eigenvalue weighted by atomic mass is 19.4. The van der Waals surface area contributed by atoms with Crippen molar-refractivity contribution in [3.05, 3.63) is 82.9 Å². The van der Waals surface area contributed by atoms with Gasteiger partial charge in [-0.15, -0.1) is 0 Å². The number of rotatable bonds is 6. The summed E-state index contributed by atoms with van der Waals surface area (Å²) in [6.45, 7) is 2.86. The van der Waals surface area contributed by atoms with E-state index in [4.69, 9.17) is 4.74 Å². The van der Waals surface area contributed by atoms with Gasteiger partial charge in [-0.05, 0) is 71.5 Å². The first-order chi connectivity index (χ1) is 17.2. The molecule has 188 valence electrons. The molecule has 4 rings (SSSR count). The van der Waals surface area contributed by atoms with Crippen LogP contribution in [0.15, 0.2) is 54.3 Å². The number of hydrogen-bond acceptors (Lipinski definition) is 1. The van der Waals surface area contributed by atoms with Crippen LogP contribution in [0, 0.1) is 29.3 Å². The molecule has 7 heteroatoms. The van der Waals surface area contributed by atoms with Crippen molar-refractivity contribution in [2.45, 2.75) is 51.1 Å². The minimum Gasteiger partial charge on any atom is -0.498 e. The zero-order chi connectivity index (χ0) is 25.9. The lowest BCUT2D eigenvalue weighted by Gasteiger charge is -2.23. The molecule has 0 aliphatic heterocycles. The van der Waals surface area contributed by atoms with E-state index in [1.165, 1.54) is 12.0 Å². The number of benzene rings is 3. The third-order valence-corrected chi connectivity index (χ3v) is 6.28. The van der Waals surface area contributed by atoms with Gasteiger partial charge in [-0.1, -0.05) is 43.5 Å². The first kappa shape index (κ1) is 25.7. The van der Waals surface area contributed by atoms with Crippen LogP contribution in [0.2, 0.25) is 0 Å². The zero-order valence-electron chi connectivity index (χ0n) is 19.6. The summed E-state index contributed by atoms with van der Waals surface area (Å²) in [4.78, 5) is 0. The molecule has 0 radical (unpaired) electrons. The second kappa shape index (κ2) is 10.7. The Morgan fingerprint density at radius 3 is 2.36 bits per heavy atom. The largest absolute Gasteiger partial charge is 0.498 e. The second-order valence-corrected chi connectivity index (χ2v) is 8.82. The van der Waals surface area contributed by atoms with Crippen molar-refractivity contribution < 1.29 is 31.1 Å². The summed E-state index contributed by atoms with van der Waals surface area (Å²) in [6, 6.07) is 10.8. The lowest BCUT2D eigenvalue weighted by Crippen LogP contribution is -2.07.